The van der Waals surface area contributed by atoms with Crippen molar-refractivity contribution in [1.29, 1.82) is 0 Å². The zero-order valence-corrected chi connectivity index (χ0v) is 14.0. The monoisotopic (exact) mass is 277 g/mol. The fraction of sp³-hybridized carbons (Fsp3) is 0.895. The van der Waals surface area contributed by atoms with Crippen LogP contribution in [-0.4, -0.2) is 13.1 Å². The third-order valence-corrected chi connectivity index (χ3v) is 5.51. The van der Waals surface area contributed by atoms with Gasteiger partial charge < -0.3 is 5.32 Å². The summed E-state index contributed by atoms with van der Waals surface area (Å²) in [4.78, 5) is 0. The fourth-order valence-corrected chi connectivity index (χ4v) is 4.87. The van der Waals surface area contributed by atoms with Gasteiger partial charge in [0.25, 0.3) is 0 Å². The second-order valence-corrected chi connectivity index (χ2v) is 7.62. The molecule has 2 rings (SSSR count). The largest absolute Gasteiger partial charge is 0.313 e. The van der Waals surface area contributed by atoms with Crippen LogP contribution < -0.4 is 5.32 Å². The number of hydrogen-bond donors (Lipinski definition) is 1. The van der Waals surface area contributed by atoms with Gasteiger partial charge in [-0.3, -0.25) is 0 Å². The fourth-order valence-electron chi connectivity index (χ4n) is 4.87. The molecule has 0 saturated heterocycles. The lowest BCUT2D eigenvalue weighted by atomic mass is 9.69. The summed E-state index contributed by atoms with van der Waals surface area (Å²) in [6, 6.07) is 0.644. The molecule has 20 heavy (non-hydrogen) atoms. The van der Waals surface area contributed by atoms with E-state index in [4.69, 9.17) is 0 Å². The number of likely N-dealkylation sites (N-methyl/N-ethyl adjacent to an activating group) is 1. The molecule has 0 spiro atoms. The van der Waals surface area contributed by atoms with Crippen LogP contribution in [0.15, 0.2) is 11.6 Å². The molecule has 1 heteroatoms. The molecule has 0 aromatic rings. The summed E-state index contributed by atoms with van der Waals surface area (Å²) >= 11 is 0. The normalized spacial score (nSPS) is 25.1. The van der Waals surface area contributed by atoms with Gasteiger partial charge in [-0.05, 0) is 63.3 Å². The van der Waals surface area contributed by atoms with Crippen molar-refractivity contribution in [2.24, 2.45) is 11.3 Å². The van der Waals surface area contributed by atoms with Crippen LogP contribution in [0.3, 0.4) is 0 Å². The molecule has 1 saturated carbocycles. The van der Waals surface area contributed by atoms with E-state index in [0.717, 1.165) is 5.92 Å². The van der Waals surface area contributed by atoms with E-state index in [9.17, 15) is 0 Å². The summed E-state index contributed by atoms with van der Waals surface area (Å²) < 4.78 is 0. The highest BCUT2D eigenvalue weighted by Crippen LogP contribution is 2.48. The number of nitrogens with one attached hydrogen (secondary N) is 1. The first kappa shape index (κ1) is 16.1. The van der Waals surface area contributed by atoms with Crippen LogP contribution in [0.4, 0.5) is 0 Å². The Bertz CT molecular complexity index is 310. The minimum absolute atomic E-state index is 0.550. The van der Waals surface area contributed by atoms with E-state index in [-0.39, 0.29) is 0 Å². The molecule has 116 valence electrons. The van der Waals surface area contributed by atoms with Crippen LogP contribution in [0.25, 0.3) is 0 Å². The van der Waals surface area contributed by atoms with E-state index in [0.29, 0.717) is 11.5 Å². The average Bonchev–Trinajstić information content (AvgIpc) is 2.80. The lowest BCUT2D eigenvalue weighted by Gasteiger charge is -2.41. The predicted octanol–water partition coefficient (Wildman–Crippen LogP) is 5.46. The van der Waals surface area contributed by atoms with Crippen molar-refractivity contribution in [3.63, 3.8) is 0 Å². The molecule has 1 nitrogen and oxygen atoms in total. The molecule has 0 amide bonds. The summed E-state index contributed by atoms with van der Waals surface area (Å²) in [6.07, 6.45) is 18.1. The van der Waals surface area contributed by atoms with Crippen molar-refractivity contribution < 1.29 is 0 Å². The van der Waals surface area contributed by atoms with Crippen LogP contribution in [0.1, 0.15) is 84.5 Å². The highest BCUT2D eigenvalue weighted by molar-refractivity contribution is 5.18. The van der Waals surface area contributed by atoms with Gasteiger partial charge in [0.1, 0.15) is 0 Å². The van der Waals surface area contributed by atoms with E-state index in [1.165, 1.54) is 70.6 Å². The van der Waals surface area contributed by atoms with Gasteiger partial charge in [-0.2, -0.15) is 0 Å². The van der Waals surface area contributed by atoms with Crippen LogP contribution in [0.5, 0.6) is 0 Å². The second kappa shape index (κ2) is 7.64. The lowest BCUT2D eigenvalue weighted by Crippen LogP contribution is -2.44. The molecule has 1 unspecified atom stereocenters. The minimum Gasteiger partial charge on any atom is -0.313 e. The van der Waals surface area contributed by atoms with Crippen molar-refractivity contribution in [3.05, 3.63) is 11.6 Å². The minimum atomic E-state index is 0.550. The highest BCUT2D eigenvalue weighted by atomic mass is 14.9. The third-order valence-electron chi connectivity index (χ3n) is 5.51. The highest BCUT2D eigenvalue weighted by Gasteiger charge is 2.42. The standard InChI is InChI=1S/C19H35N/c1-16(2)15-19(13-9-10-14-19)18(20-3)17-11-7-5-4-6-8-12-17/h11,16,18,20H,4-10,12-15H2,1-3H3. The molecule has 2 aliphatic carbocycles. The molecule has 0 aromatic carbocycles. The molecule has 0 aliphatic heterocycles. The molecule has 0 radical (unpaired) electrons. The van der Waals surface area contributed by atoms with Gasteiger partial charge in [0.05, 0.1) is 0 Å². The van der Waals surface area contributed by atoms with Crippen LogP contribution in [0.2, 0.25) is 0 Å². The Kier molecular flexibility index (Phi) is 6.14. The number of hydrogen-bond acceptors (Lipinski definition) is 1. The Morgan fingerprint density at radius 2 is 1.75 bits per heavy atom. The summed E-state index contributed by atoms with van der Waals surface area (Å²) in [5.41, 5.74) is 2.29. The van der Waals surface area contributed by atoms with Gasteiger partial charge in [0.2, 0.25) is 0 Å². The SMILES string of the molecule is CNC(C1=CCCCCCC1)C1(CC(C)C)CCCC1. The molecule has 1 fully saturated rings. The van der Waals surface area contributed by atoms with Crippen molar-refractivity contribution >= 4 is 0 Å². The smallest absolute Gasteiger partial charge is 0.0333 e. The third kappa shape index (κ3) is 3.87. The summed E-state index contributed by atoms with van der Waals surface area (Å²) in [6.45, 7) is 4.80. The lowest BCUT2D eigenvalue weighted by molar-refractivity contribution is 0.178. The van der Waals surface area contributed by atoms with Crippen molar-refractivity contribution in [2.45, 2.75) is 90.5 Å². The van der Waals surface area contributed by atoms with E-state index in [1.54, 1.807) is 5.57 Å². The molecule has 0 heterocycles. The Hall–Kier alpha value is -0.300. The van der Waals surface area contributed by atoms with Gasteiger partial charge >= 0.3 is 0 Å². The first-order valence-electron chi connectivity index (χ1n) is 9.04. The Balaban J connectivity index is 2.18. The Morgan fingerprint density at radius 1 is 1.05 bits per heavy atom. The van der Waals surface area contributed by atoms with Gasteiger partial charge in [-0.25, -0.2) is 0 Å². The topological polar surface area (TPSA) is 12.0 Å². The van der Waals surface area contributed by atoms with Crippen LogP contribution in [0, 0.1) is 11.3 Å². The van der Waals surface area contributed by atoms with E-state index < -0.39 is 0 Å². The van der Waals surface area contributed by atoms with Crippen molar-refractivity contribution in [1.82, 2.24) is 5.32 Å². The Morgan fingerprint density at radius 3 is 2.40 bits per heavy atom. The molecule has 0 bridgehead atoms. The quantitative estimate of drug-likeness (QED) is 0.658. The second-order valence-electron chi connectivity index (χ2n) is 7.62. The summed E-state index contributed by atoms with van der Waals surface area (Å²) in [7, 11) is 2.20. The molecular formula is C19H35N. The van der Waals surface area contributed by atoms with Crippen molar-refractivity contribution in [3.8, 4) is 0 Å². The van der Waals surface area contributed by atoms with E-state index >= 15 is 0 Å². The van der Waals surface area contributed by atoms with E-state index in [1.807, 2.05) is 0 Å². The predicted molar refractivity (Wildman–Crippen MR) is 89.0 cm³/mol. The molecule has 2 aliphatic rings. The van der Waals surface area contributed by atoms with Crippen molar-refractivity contribution in [2.75, 3.05) is 7.05 Å². The van der Waals surface area contributed by atoms with Gasteiger partial charge in [0, 0.05) is 6.04 Å². The number of rotatable bonds is 5. The zero-order chi connectivity index (χ0) is 14.4. The molecule has 0 aromatic heterocycles. The maximum absolute atomic E-state index is 3.74. The first-order chi connectivity index (χ1) is 9.68. The van der Waals surface area contributed by atoms with E-state index in [2.05, 4.69) is 32.3 Å². The maximum atomic E-state index is 3.74. The molecule has 1 N–H and O–H groups in total. The number of allylic oxidation sites excluding steroid dienone is 1. The first-order valence-corrected chi connectivity index (χ1v) is 9.04. The van der Waals surface area contributed by atoms with Gasteiger partial charge in [-0.1, -0.05) is 51.2 Å². The van der Waals surface area contributed by atoms with Crippen LogP contribution in [-0.2, 0) is 0 Å². The van der Waals surface area contributed by atoms with Gasteiger partial charge in [0.15, 0.2) is 0 Å². The molecule has 1 atom stereocenters. The maximum Gasteiger partial charge on any atom is 0.0333 e. The Labute approximate surface area is 126 Å². The zero-order valence-electron chi connectivity index (χ0n) is 14.0. The molecular weight excluding hydrogens is 242 g/mol. The summed E-state index contributed by atoms with van der Waals surface area (Å²) in [5.74, 6) is 0.818. The van der Waals surface area contributed by atoms with Gasteiger partial charge in [-0.15, -0.1) is 0 Å². The van der Waals surface area contributed by atoms with Crippen LogP contribution >= 0.6 is 0 Å². The summed E-state index contributed by atoms with van der Waals surface area (Å²) in [5, 5.41) is 3.74. The average molecular weight is 277 g/mol.